The normalized spacial score (nSPS) is 10.4. The number of aryl methyl sites for hydroxylation is 1. The molecule has 1 amide bonds. The van der Waals surface area contributed by atoms with Crippen molar-refractivity contribution >= 4 is 11.6 Å². The lowest BCUT2D eigenvalue weighted by Crippen LogP contribution is -2.15. The van der Waals surface area contributed by atoms with E-state index in [-0.39, 0.29) is 11.3 Å². The summed E-state index contributed by atoms with van der Waals surface area (Å²) in [6.45, 7) is 1.86. The number of hydrogen-bond acceptors (Lipinski definition) is 4. The number of nitrogens with zero attached hydrogens (tertiary/aromatic N) is 3. The third-order valence-corrected chi connectivity index (χ3v) is 3.01. The van der Waals surface area contributed by atoms with Crippen molar-refractivity contribution in [2.24, 2.45) is 0 Å². The zero-order valence-corrected chi connectivity index (χ0v) is 11.8. The molecular weight excluding hydrogens is 282 g/mol. The van der Waals surface area contributed by atoms with Crippen LogP contribution in [0.5, 0.6) is 0 Å². The van der Waals surface area contributed by atoms with Gasteiger partial charge in [-0.3, -0.25) is 19.7 Å². The molecule has 3 heterocycles. The van der Waals surface area contributed by atoms with Crippen molar-refractivity contribution in [3.05, 3.63) is 70.5 Å². The van der Waals surface area contributed by atoms with Crippen LogP contribution in [0.4, 0.5) is 5.69 Å². The van der Waals surface area contributed by atoms with Gasteiger partial charge in [-0.25, -0.2) is 9.67 Å². The third kappa shape index (κ3) is 2.78. The number of aromatic nitrogens is 4. The number of H-pyrrole nitrogens is 1. The van der Waals surface area contributed by atoms with Crippen molar-refractivity contribution in [3.63, 3.8) is 0 Å². The van der Waals surface area contributed by atoms with Crippen molar-refractivity contribution < 1.29 is 4.79 Å². The predicted octanol–water partition coefficient (Wildman–Crippen LogP) is 1.52. The summed E-state index contributed by atoms with van der Waals surface area (Å²) in [6.07, 6.45) is 3.13. The van der Waals surface area contributed by atoms with E-state index in [4.69, 9.17) is 0 Å². The van der Waals surface area contributed by atoms with Crippen molar-refractivity contribution in [1.82, 2.24) is 19.7 Å². The van der Waals surface area contributed by atoms with Crippen LogP contribution in [0.15, 0.2) is 53.6 Å². The number of anilines is 1. The van der Waals surface area contributed by atoms with E-state index in [1.54, 1.807) is 42.7 Å². The first-order chi connectivity index (χ1) is 10.6. The molecule has 7 nitrogen and oxygen atoms in total. The molecule has 7 heteroatoms. The van der Waals surface area contributed by atoms with Crippen LogP contribution in [-0.4, -0.2) is 25.7 Å². The molecule has 0 radical (unpaired) electrons. The largest absolute Gasteiger partial charge is 0.319 e. The van der Waals surface area contributed by atoms with E-state index in [0.717, 1.165) is 5.69 Å². The highest BCUT2D eigenvalue weighted by Gasteiger charge is 2.12. The van der Waals surface area contributed by atoms with Crippen LogP contribution in [0.25, 0.3) is 5.82 Å². The molecule has 3 aromatic rings. The Morgan fingerprint density at radius 2 is 2.09 bits per heavy atom. The summed E-state index contributed by atoms with van der Waals surface area (Å²) in [5.41, 5.74) is 1.21. The van der Waals surface area contributed by atoms with Gasteiger partial charge in [0.1, 0.15) is 5.69 Å². The van der Waals surface area contributed by atoms with Crippen molar-refractivity contribution in [2.75, 3.05) is 5.32 Å². The fraction of sp³-hybridized carbons (Fsp3) is 0.0667. The Balaban J connectivity index is 1.85. The van der Waals surface area contributed by atoms with Gasteiger partial charge in [0.05, 0.1) is 11.9 Å². The van der Waals surface area contributed by atoms with E-state index < -0.39 is 5.91 Å². The molecule has 0 unspecified atom stereocenters. The third-order valence-electron chi connectivity index (χ3n) is 3.01. The molecule has 3 rings (SSSR count). The summed E-state index contributed by atoms with van der Waals surface area (Å²) in [5, 5.41) is 5.41. The Bertz CT molecular complexity index is 850. The molecule has 0 aromatic carbocycles. The number of nitrogens with one attached hydrogen (secondary N) is 2. The molecule has 0 aliphatic heterocycles. The summed E-state index contributed by atoms with van der Waals surface area (Å²) in [7, 11) is 0. The SMILES string of the molecule is Cc1ccc(NC(=O)c2cc(=O)n(-c3ccccn3)[nH]2)cn1. The minimum Gasteiger partial charge on any atom is -0.319 e. The monoisotopic (exact) mass is 295 g/mol. The maximum absolute atomic E-state index is 12.2. The topological polar surface area (TPSA) is 92.7 Å². The van der Waals surface area contributed by atoms with Crippen LogP contribution < -0.4 is 10.9 Å². The lowest BCUT2D eigenvalue weighted by Gasteiger charge is -2.03. The van der Waals surface area contributed by atoms with Gasteiger partial charge in [-0.1, -0.05) is 6.07 Å². The van der Waals surface area contributed by atoms with Gasteiger partial charge in [0, 0.05) is 18.0 Å². The smallest absolute Gasteiger partial charge is 0.273 e. The highest BCUT2D eigenvalue weighted by atomic mass is 16.2. The molecule has 0 atom stereocenters. The van der Waals surface area contributed by atoms with Crippen molar-refractivity contribution in [2.45, 2.75) is 6.92 Å². The summed E-state index contributed by atoms with van der Waals surface area (Å²) in [6, 6.07) is 9.93. The molecular formula is C15H13N5O2. The predicted molar refractivity (Wildman–Crippen MR) is 81.1 cm³/mol. The minimum absolute atomic E-state index is 0.149. The van der Waals surface area contributed by atoms with Crippen LogP contribution in [-0.2, 0) is 0 Å². The lowest BCUT2D eigenvalue weighted by atomic mass is 10.3. The second kappa shape index (κ2) is 5.65. The van der Waals surface area contributed by atoms with Crippen molar-refractivity contribution in [3.8, 4) is 5.82 Å². The molecule has 110 valence electrons. The van der Waals surface area contributed by atoms with Crippen molar-refractivity contribution in [1.29, 1.82) is 0 Å². The standard InChI is InChI=1S/C15H13N5O2/c1-10-5-6-11(9-17-10)18-15(22)12-8-14(21)20(19-12)13-4-2-3-7-16-13/h2-9,19H,1H3,(H,18,22). The Labute approximate surface area is 125 Å². The van der Waals surface area contributed by atoms with Gasteiger partial charge in [-0.05, 0) is 31.2 Å². The van der Waals surface area contributed by atoms with E-state index in [9.17, 15) is 9.59 Å². The zero-order chi connectivity index (χ0) is 15.5. The Kier molecular flexibility index (Phi) is 3.53. The molecule has 0 saturated heterocycles. The second-order valence-electron chi connectivity index (χ2n) is 4.67. The maximum atomic E-state index is 12.2. The first-order valence-corrected chi connectivity index (χ1v) is 6.61. The van der Waals surface area contributed by atoms with E-state index in [1.807, 2.05) is 6.92 Å². The number of hydrogen-bond donors (Lipinski definition) is 2. The van der Waals surface area contributed by atoms with Crippen LogP contribution in [0.2, 0.25) is 0 Å². The number of carbonyl (C=O) groups excluding carboxylic acids is 1. The molecule has 2 N–H and O–H groups in total. The Hall–Kier alpha value is -3.22. The Morgan fingerprint density at radius 3 is 2.77 bits per heavy atom. The van der Waals surface area contributed by atoms with E-state index in [1.165, 1.54) is 10.7 Å². The highest BCUT2D eigenvalue weighted by Crippen LogP contribution is 2.07. The number of aromatic amines is 1. The van der Waals surface area contributed by atoms with Crippen LogP contribution in [0.3, 0.4) is 0 Å². The quantitative estimate of drug-likeness (QED) is 0.766. The number of rotatable bonds is 3. The van der Waals surface area contributed by atoms with E-state index in [2.05, 4.69) is 20.4 Å². The zero-order valence-electron chi connectivity index (χ0n) is 11.8. The Morgan fingerprint density at radius 1 is 1.23 bits per heavy atom. The molecule has 0 saturated carbocycles. The number of carbonyl (C=O) groups is 1. The lowest BCUT2D eigenvalue weighted by molar-refractivity contribution is 0.102. The van der Waals surface area contributed by atoms with Gasteiger partial charge in [0.25, 0.3) is 11.5 Å². The van der Waals surface area contributed by atoms with Crippen LogP contribution in [0, 0.1) is 6.92 Å². The number of amides is 1. The van der Waals surface area contributed by atoms with Crippen LogP contribution in [0.1, 0.15) is 16.2 Å². The fourth-order valence-corrected chi connectivity index (χ4v) is 1.91. The van der Waals surface area contributed by atoms with Crippen LogP contribution >= 0.6 is 0 Å². The first kappa shape index (κ1) is 13.7. The minimum atomic E-state index is -0.419. The van der Waals surface area contributed by atoms with Gasteiger partial charge in [0.15, 0.2) is 5.82 Å². The molecule has 3 aromatic heterocycles. The molecule has 0 bridgehead atoms. The summed E-state index contributed by atoms with van der Waals surface area (Å²) in [5.74, 6) is 0.000914. The average molecular weight is 295 g/mol. The number of pyridine rings is 2. The van der Waals surface area contributed by atoms with Gasteiger partial charge in [-0.2, -0.15) is 0 Å². The molecule has 22 heavy (non-hydrogen) atoms. The van der Waals surface area contributed by atoms with Gasteiger partial charge in [-0.15, -0.1) is 0 Å². The van der Waals surface area contributed by atoms with E-state index in [0.29, 0.717) is 11.5 Å². The summed E-state index contributed by atoms with van der Waals surface area (Å²) >= 11 is 0. The second-order valence-corrected chi connectivity index (χ2v) is 4.67. The average Bonchev–Trinajstić information content (AvgIpc) is 2.92. The molecule has 0 fully saturated rings. The highest BCUT2D eigenvalue weighted by molar-refractivity contribution is 6.02. The maximum Gasteiger partial charge on any atom is 0.273 e. The first-order valence-electron chi connectivity index (χ1n) is 6.61. The fourth-order valence-electron chi connectivity index (χ4n) is 1.91. The van der Waals surface area contributed by atoms with Gasteiger partial charge in [0.2, 0.25) is 0 Å². The molecule has 0 spiro atoms. The summed E-state index contributed by atoms with van der Waals surface area (Å²) < 4.78 is 1.21. The summed E-state index contributed by atoms with van der Waals surface area (Å²) in [4.78, 5) is 32.3. The van der Waals surface area contributed by atoms with E-state index >= 15 is 0 Å². The van der Waals surface area contributed by atoms with Gasteiger partial charge >= 0.3 is 0 Å². The molecule has 0 aliphatic rings. The molecule has 0 aliphatic carbocycles. The van der Waals surface area contributed by atoms with Gasteiger partial charge < -0.3 is 5.32 Å².